The van der Waals surface area contributed by atoms with Crippen LogP contribution < -0.4 is 0 Å². The van der Waals surface area contributed by atoms with Crippen molar-refractivity contribution in [1.82, 2.24) is 0 Å². The fourth-order valence-electron chi connectivity index (χ4n) is 11.4. The number of hydrogen-bond donors (Lipinski definition) is 0. The molecule has 0 N–H and O–H groups in total. The molecule has 0 bridgehead atoms. The molecule has 0 unspecified atom stereocenters. The van der Waals surface area contributed by atoms with Crippen LogP contribution in [0.5, 0.6) is 0 Å². The van der Waals surface area contributed by atoms with Crippen molar-refractivity contribution in [3.63, 3.8) is 0 Å². The first kappa shape index (κ1) is 51.7. The van der Waals surface area contributed by atoms with Gasteiger partial charge in [0.1, 0.15) is 0 Å². The molecule has 1 aliphatic rings. The van der Waals surface area contributed by atoms with Crippen LogP contribution >= 0.6 is 0 Å². The maximum absolute atomic E-state index is 2.58. The second-order valence-electron chi connectivity index (χ2n) is 24.2. The maximum Gasteiger partial charge on any atom is 0.0714 e. The quantitative estimate of drug-likeness (QED) is 0.102. The van der Waals surface area contributed by atoms with Crippen LogP contribution in [0.25, 0.3) is 55.6 Å². The highest BCUT2D eigenvalue weighted by molar-refractivity contribution is 5.90. The third-order valence-corrected chi connectivity index (χ3v) is 16.3. The van der Waals surface area contributed by atoms with E-state index < -0.39 is 5.41 Å². The van der Waals surface area contributed by atoms with E-state index in [1.165, 1.54) is 122 Å². The van der Waals surface area contributed by atoms with Crippen molar-refractivity contribution in [1.29, 1.82) is 0 Å². The molecule has 0 amide bonds. The fourth-order valence-corrected chi connectivity index (χ4v) is 11.4. The van der Waals surface area contributed by atoms with Crippen LogP contribution in [0.3, 0.4) is 0 Å². The molecule has 0 heteroatoms. The molecule has 1 aliphatic carbocycles. The minimum Gasteiger partial charge on any atom is -0.0619 e. The molecule has 0 saturated heterocycles. The predicted molar refractivity (Wildman–Crippen MR) is 318 cm³/mol. The molecule has 0 heterocycles. The Hall–Kier alpha value is -6.24. The lowest BCUT2D eigenvalue weighted by Crippen LogP contribution is -2.29. The molecular formula is C73H82. The van der Waals surface area contributed by atoms with E-state index in [0.29, 0.717) is 47.3 Å². The van der Waals surface area contributed by atoms with Crippen molar-refractivity contribution >= 4 is 0 Å². The van der Waals surface area contributed by atoms with E-state index >= 15 is 0 Å². The highest BCUT2D eigenvalue weighted by Crippen LogP contribution is 2.58. The van der Waals surface area contributed by atoms with Gasteiger partial charge in [-0.1, -0.05) is 232 Å². The lowest BCUT2D eigenvalue weighted by molar-refractivity contribution is 0.769. The Balaban J connectivity index is 1.48. The molecule has 0 aliphatic heterocycles. The van der Waals surface area contributed by atoms with Gasteiger partial charge < -0.3 is 0 Å². The summed E-state index contributed by atoms with van der Waals surface area (Å²) in [6.07, 6.45) is 0. The van der Waals surface area contributed by atoms with Gasteiger partial charge >= 0.3 is 0 Å². The van der Waals surface area contributed by atoms with Gasteiger partial charge in [0.25, 0.3) is 0 Å². The summed E-state index contributed by atoms with van der Waals surface area (Å²) in [5, 5.41) is 0. The molecule has 0 radical (unpaired) electrons. The molecule has 8 aromatic carbocycles. The molecular weight excluding hydrogens is 877 g/mol. The van der Waals surface area contributed by atoms with E-state index in [1.54, 1.807) is 0 Å². The van der Waals surface area contributed by atoms with Crippen LogP contribution in [-0.2, 0) is 5.41 Å². The summed E-state index contributed by atoms with van der Waals surface area (Å²) in [6.45, 7) is 37.4. The first-order chi connectivity index (χ1) is 34.7. The van der Waals surface area contributed by atoms with E-state index in [2.05, 4.69) is 269 Å². The average molecular weight is 959 g/mol. The minimum absolute atomic E-state index is 0.397. The zero-order valence-corrected chi connectivity index (χ0v) is 47.1. The van der Waals surface area contributed by atoms with E-state index in [4.69, 9.17) is 0 Å². The van der Waals surface area contributed by atoms with Gasteiger partial charge in [-0.25, -0.2) is 0 Å². The number of rotatable bonds is 14. The maximum atomic E-state index is 2.58. The van der Waals surface area contributed by atoms with Crippen molar-refractivity contribution in [3.05, 3.63) is 224 Å². The second kappa shape index (κ2) is 20.6. The van der Waals surface area contributed by atoms with E-state index in [9.17, 15) is 0 Å². The number of fused-ring (bicyclic) bond motifs is 3. The smallest absolute Gasteiger partial charge is 0.0619 e. The van der Waals surface area contributed by atoms with Crippen LogP contribution in [0, 0.1) is 0 Å². The van der Waals surface area contributed by atoms with Gasteiger partial charge in [0.05, 0.1) is 5.41 Å². The lowest BCUT2D eigenvalue weighted by Gasteiger charge is -2.35. The second-order valence-corrected chi connectivity index (χ2v) is 24.2. The van der Waals surface area contributed by atoms with Crippen LogP contribution in [0.4, 0.5) is 0 Å². The summed E-state index contributed by atoms with van der Waals surface area (Å²) in [5.41, 5.74) is 28.4. The van der Waals surface area contributed by atoms with E-state index in [0.717, 1.165) is 0 Å². The summed E-state index contributed by atoms with van der Waals surface area (Å²) < 4.78 is 0. The van der Waals surface area contributed by atoms with Crippen molar-refractivity contribution in [2.75, 3.05) is 0 Å². The first-order valence-corrected chi connectivity index (χ1v) is 27.8. The van der Waals surface area contributed by atoms with Crippen LogP contribution in [0.1, 0.15) is 225 Å². The molecule has 73 heavy (non-hydrogen) atoms. The Labute approximate surface area is 441 Å². The Bertz CT molecular complexity index is 2810. The molecule has 0 fully saturated rings. The first-order valence-electron chi connectivity index (χ1n) is 27.8. The average Bonchev–Trinajstić information content (AvgIpc) is 3.68. The zero-order valence-electron chi connectivity index (χ0n) is 47.1. The summed E-state index contributed by atoms with van der Waals surface area (Å²) in [5.74, 6) is 3.17. The summed E-state index contributed by atoms with van der Waals surface area (Å²) in [6, 6.07) is 63.6. The van der Waals surface area contributed by atoms with E-state index in [1.807, 2.05) is 0 Å². The van der Waals surface area contributed by atoms with Gasteiger partial charge in [-0.05, 0) is 206 Å². The van der Waals surface area contributed by atoms with Crippen LogP contribution in [0.15, 0.2) is 158 Å². The third-order valence-electron chi connectivity index (χ3n) is 16.3. The van der Waals surface area contributed by atoms with Crippen LogP contribution in [0.2, 0.25) is 0 Å². The van der Waals surface area contributed by atoms with Crippen molar-refractivity contribution in [3.8, 4) is 55.6 Å². The Morgan fingerprint density at radius 2 is 0.411 bits per heavy atom. The van der Waals surface area contributed by atoms with Gasteiger partial charge in [0.15, 0.2) is 0 Å². The lowest BCUT2D eigenvalue weighted by atomic mass is 9.66. The Morgan fingerprint density at radius 1 is 0.219 bits per heavy atom. The van der Waals surface area contributed by atoms with Crippen molar-refractivity contribution in [2.45, 2.75) is 164 Å². The molecule has 9 rings (SSSR count). The van der Waals surface area contributed by atoms with Gasteiger partial charge in [-0.15, -0.1) is 0 Å². The molecule has 0 atom stereocenters. The highest BCUT2D eigenvalue weighted by Gasteiger charge is 2.47. The van der Waals surface area contributed by atoms with Gasteiger partial charge in [0.2, 0.25) is 0 Å². The minimum atomic E-state index is -0.678. The summed E-state index contributed by atoms with van der Waals surface area (Å²) in [4.78, 5) is 0. The molecule has 0 aromatic heterocycles. The van der Waals surface area contributed by atoms with E-state index in [-0.39, 0.29) is 0 Å². The Kier molecular flexibility index (Phi) is 14.6. The normalized spacial score (nSPS) is 13.2. The monoisotopic (exact) mass is 959 g/mol. The zero-order chi connectivity index (χ0) is 52.2. The van der Waals surface area contributed by atoms with Gasteiger partial charge in [-0.3, -0.25) is 0 Å². The predicted octanol–water partition coefficient (Wildman–Crippen LogP) is 21.7. The standard InChI is InChI=1S/C73H82/c1-43(2)51-25-52(44(3)4)30-59(29-51)63-37-64(60-31-53(45(5)6)26-54(32-60)46(7)8)40-67(39-63)73(71-23-19-17-21-69(71)70-22-18-20-24-72(70)73)68-41-65(61-33-55(47(9)10)27-56(34-61)48(11)12)38-66(42-68)62-35-57(49(13)14)28-58(36-62)50(15)16/h17-50H,1-16H3. The number of hydrogen-bond acceptors (Lipinski definition) is 0. The largest absolute Gasteiger partial charge is 0.0714 e. The van der Waals surface area contributed by atoms with Crippen molar-refractivity contribution < 1.29 is 0 Å². The molecule has 8 aromatic rings. The SMILES string of the molecule is CC(C)c1cc(-c2cc(-c3cc(C(C)C)cc(C(C)C)c3)cc(C3(c4cc(-c5cc(C(C)C)cc(C(C)C)c5)cc(-c5cc(C(C)C)cc(C(C)C)c5)c4)c4ccccc4-c4ccccc43)c2)cc(C(C)C)c1. The van der Waals surface area contributed by atoms with Crippen molar-refractivity contribution in [2.24, 2.45) is 0 Å². The summed E-state index contributed by atoms with van der Waals surface area (Å²) in [7, 11) is 0. The summed E-state index contributed by atoms with van der Waals surface area (Å²) >= 11 is 0. The van der Waals surface area contributed by atoms with Gasteiger partial charge in [0, 0.05) is 0 Å². The molecule has 0 saturated carbocycles. The van der Waals surface area contributed by atoms with Crippen LogP contribution in [-0.4, -0.2) is 0 Å². The fraction of sp³-hybridized carbons (Fsp3) is 0.342. The topological polar surface area (TPSA) is 0 Å². The third kappa shape index (κ3) is 9.97. The molecule has 374 valence electrons. The highest BCUT2D eigenvalue weighted by atomic mass is 14.5. The molecule has 0 nitrogen and oxygen atoms in total. The number of benzene rings is 8. The van der Waals surface area contributed by atoms with Gasteiger partial charge in [-0.2, -0.15) is 0 Å². The molecule has 0 spiro atoms. The Morgan fingerprint density at radius 3 is 0.616 bits per heavy atom.